The summed E-state index contributed by atoms with van der Waals surface area (Å²) in [6, 6.07) is 3.44. The molecule has 0 amide bonds. The molecule has 7 heteroatoms. The van der Waals surface area contributed by atoms with Crippen molar-refractivity contribution >= 4 is 15.7 Å². The molecule has 1 aromatic heterocycles. The van der Waals surface area contributed by atoms with E-state index in [0.29, 0.717) is 22.9 Å². The highest BCUT2D eigenvalue weighted by Crippen LogP contribution is 2.31. The third-order valence-corrected chi connectivity index (χ3v) is 4.50. The van der Waals surface area contributed by atoms with E-state index in [2.05, 4.69) is 9.88 Å². The molecule has 1 heterocycles. The predicted octanol–water partition coefficient (Wildman–Crippen LogP) is 2.72. The number of aryl methyl sites for hydroxylation is 4. The molecular weight excluding hydrogens is 292 g/mol. The lowest BCUT2D eigenvalue weighted by Crippen LogP contribution is -2.15. The summed E-state index contributed by atoms with van der Waals surface area (Å²) in [5.74, 6) is 0.749. The highest BCUT2D eigenvalue weighted by Gasteiger charge is 2.24. The summed E-state index contributed by atoms with van der Waals surface area (Å²) >= 11 is 0. The Balaban J connectivity index is 2.55. The number of nitrogens with zero attached hydrogens (tertiary/aromatic N) is 1. The topological polar surface area (TPSA) is 81.4 Å². The second-order valence-corrected chi connectivity index (χ2v) is 6.57. The zero-order chi connectivity index (χ0) is 15.8. The summed E-state index contributed by atoms with van der Waals surface area (Å²) in [6.45, 7) is 6.96. The van der Waals surface area contributed by atoms with Crippen molar-refractivity contribution in [3.8, 4) is 5.75 Å². The van der Waals surface area contributed by atoms with E-state index in [1.807, 2.05) is 13.0 Å². The Morgan fingerprint density at radius 1 is 1.19 bits per heavy atom. The Hall–Kier alpha value is -2.02. The quantitative estimate of drug-likeness (QED) is 0.939. The van der Waals surface area contributed by atoms with Crippen molar-refractivity contribution in [3.05, 3.63) is 34.7 Å². The van der Waals surface area contributed by atoms with E-state index in [9.17, 15) is 8.42 Å². The molecule has 2 rings (SSSR count). The largest absolute Gasteiger partial charge is 0.495 e. The Morgan fingerprint density at radius 2 is 1.86 bits per heavy atom. The Kier molecular flexibility index (Phi) is 3.95. The Bertz CT molecular complexity index is 759. The fraction of sp³-hybridized carbons (Fsp3) is 0.357. The molecule has 0 saturated carbocycles. The molecule has 114 valence electrons. The fourth-order valence-corrected chi connectivity index (χ4v) is 3.69. The minimum absolute atomic E-state index is 0.0995. The minimum atomic E-state index is -3.79. The fourth-order valence-electron chi connectivity index (χ4n) is 2.19. The van der Waals surface area contributed by atoms with Crippen LogP contribution in [0.1, 0.15) is 22.6 Å². The molecule has 0 bridgehead atoms. The lowest BCUT2D eigenvalue weighted by Gasteiger charge is -2.14. The van der Waals surface area contributed by atoms with Crippen molar-refractivity contribution in [2.45, 2.75) is 32.6 Å². The van der Waals surface area contributed by atoms with Gasteiger partial charge in [-0.1, -0.05) is 11.2 Å². The highest BCUT2D eigenvalue weighted by molar-refractivity contribution is 7.92. The van der Waals surface area contributed by atoms with Gasteiger partial charge in [0.2, 0.25) is 0 Å². The number of benzene rings is 1. The second-order valence-electron chi connectivity index (χ2n) is 4.92. The number of aromatic nitrogens is 1. The van der Waals surface area contributed by atoms with E-state index < -0.39 is 10.0 Å². The minimum Gasteiger partial charge on any atom is -0.495 e. The second kappa shape index (κ2) is 5.40. The number of methoxy groups -OCH3 is 1. The molecule has 0 spiro atoms. The maximum Gasteiger partial charge on any atom is 0.265 e. The first-order chi connectivity index (χ1) is 9.76. The van der Waals surface area contributed by atoms with Crippen LogP contribution in [0.2, 0.25) is 0 Å². The van der Waals surface area contributed by atoms with Crippen molar-refractivity contribution in [2.24, 2.45) is 0 Å². The van der Waals surface area contributed by atoms with E-state index in [4.69, 9.17) is 9.26 Å². The van der Waals surface area contributed by atoms with Crippen molar-refractivity contribution in [2.75, 3.05) is 11.8 Å². The average Bonchev–Trinajstić information content (AvgIpc) is 2.69. The lowest BCUT2D eigenvalue weighted by atomic mass is 10.1. The van der Waals surface area contributed by atoms with Crippen LogP contribution < -0.4 is 9.46 Å². The summed E-state index contributed by atoms with van der Waals surface area (Å²) in [7, 11) is -2.34. The van der Waals surface area contributed by atoms with Crippen LogP contribution in [0.5, 0.6) is 5.75 Å². The number of nitrogens with one attached hydrogen (secondary N) is 1. The normalized spacial score (nSPS) is 11.5. The molecule has 0 atom stereocenters. The smallest absolute Gasteiger partial charge is 0.265 e. The van der Waals surface area contributed by atoms with E-state index in [0.717, 1.165) is 11.1 Å². The molecule has 1 aromatic carbocycles. The van der Waals surface area contributed by atoms with Crippen LogP contribution in [0.25, 0.3) is 0 Å². The van der Waals surface area contributed by atoms with Gasteiger partial charge in [-0.2, -0.15) is 0 Å². The van der Waals surface area contributed by atoms with Gasteiger partial charge >= 0.3 is 0 Å². The third-order valence-electron chi connectivity index (χ3n) is 3.15. The summed E-state index contributed by atoms with van der Waals surface area (Å²) in [5.41, 5.74) is 2.44. The van der Waals surface area contributed by atoms with Crippen LogP contribution in [-0.2, 0) is 10.0 Å². The van der Waals surface area contributed by atoms with Crippen molar-refractivity contribution < 1.29 is 17.7 Å². The van der Waals surface area contributed by atoms with E-state index >= 15 is 0 Å². The molecule has 0 aliphatic carbocycles. The van der Waals surface area contributed by atoms with Gasteiger partial charge in [0, 0.05) is 0 Å². The van der Waals surface area contributed by atoms with Gasteiger partial charge in [0.1, 0.15) is 22.0 Å². The van der Waals surface area contributed by atoms with E-state index in [1.54, 1.807) is 26.8 Å². The standard InChI is InChI=1S/C14H18N2O4S/c1-8-6-9(2)14(19-5)12(7-8)21(17,18)16-13-10(3)15-20-11(13)4/h6-7,16H,1-5H3. The number of hydrogen-bond donors (Lipinski definition) is 1. The van der Waals surface area contributed by atoms with Crippen molar-refractivity contribution in [1.29, 1.82) is 0 Å². The summed E-state index contributed by atoms with van der Waals surface area (Å²) in [4.78, 5) is 0.0995. The first-order valence-electron chi connectivity index (χ1n) is 6.37. The highest BCUT2D eigenvalue weighted by atomic mass is 32.2. The van der Waals surface area contributed by atoms with Crippen LogP contribution in [0.15, 0.2) is 21.6 Å². The van der Waals surface area contributed by atoms with Crippen molar-refractivity contribution in [1.82, 2.24) is 5.16 Å². The zero-order valence-electron chi connectivity index (χ0n) is 12.6. The number of anilines is 1. The molecule has 1 N–H and O–H groups in total. The lowest BCUT2D eigenvalue weighted by molar-refractivity contribution is 0.393. The monoisotopic (exact) mass is 310 g/mol. The van der Waals surface area contributed by atoms with E-state index in [-0.39, 0.29) is 4.90 Å². The number of ether oxygens (including phenoxy) is 1. The van der Waals surface area contributed by atoms with Gasteiger partial charge in [-0.25, -0.2) is 8.42 Å². The van der Waals surface area contributed by atoms with Crippen molar-refractivity contribution in [3.63, 3.8) is 0 Å². The Morgan fingerprint density at radius 3 is 2.38 bits per heavy atom. The SMILES string of the molecule is COc1c(C)cc(C)cc1S(=O)(=O)Nc1c(C)noc1C. The van der Waals surface area contributed by atoms with Gasteiger partial charge in [0.25, 0.3) is 10.0 Å². The summed E-state index contributed by atoms with van der Waals surface area (Å²) < 4.78 is 38.0. The van der Waals surface area contributed by atoms with Gasteiger partial charge in [0.05, 0.1) is 7.11 Å². The average molecular weight is 310 g/mol. The summed E-state index contributed by atoms with van der Waals surface area (Å²) in [5, 5.41) is 3.74. The van der Waals surface area contributed by atoms with E-state index in [1.165, 1.54) is 7.11 Å². The van der Waals surface area contributed by atoms with Gasteiger partial charge < -0.3 is 9.26 Å². The maximum atomic E-state index is 12.6. The molecule has 0 radical (unpaired) electrons. The predicted molar refractivity (Wildman–Crippen MR) is 79.3 cm³/mol. The first kappa shape index (κ1) is 15.4. The third kappa shape index (κ3) is 2.87. The molecule has 0 aliphatic heterocycles. The molecular formula is C14H18N2O4S. The Labute approximate surface area is 124 Å². The number of sulfonamides is 1. The maximum absolute atomic E-state index is 12.6. The van der Waals surface area contributed by atoms with Crippen LogP contribution in [-0.4, -0.2) is 20.7 Å². The van der Waals surface area contributed by atoms with Crippen LogP contribution in [0.4, 0.5) is 5.69 Å². The zero-order valence-corrected chi connectivity index (χ0v) is 13.5. The van der Waals surface area contributed by atoms with Gasteiger partial charge in [-0.15, -0.1) is 0 Å². The first-order valence-corrected chi connectivity index (χ1v) is 7.85. The summed E-state index contributed by atoms with van der Waals surface area (Å²) in [6.07, 6.45) is 0. The molecule has 0 aliphatic rings. The molecule has 0 saturated heterocycles. The number of rotatable bonds is 4. The number of hydrogen-bond acceptors (Lipinski definition) is 5. The molecule has 2 aromatic rings. The van der Waals surface area contributed by atoms with Crippen LogP contribution in [0.3, 0.4) is 0 Å². The molecule has 0 fully saturated rings. The van der Waals surface area contributed by atoms with Crippen LogP contribution in [0, 0.1) is 27.7 Å². The van der Waals surface area contributed by atoms with Gasteiger partial charge in [0.15, 0.2) is 5.76 Å². The molecule has 6 nitrogen and oxygen atoms in total. The molecule has 0 unspecified atom stereocenters. The van der Waals surface area contributed by atoms with Gasteiger partial charge in [-0.05, 0) is 44.9 Å². The van der Waals surface area contributed by atoms with Crippen LogP contribution >= 0.6 is 0 Å². The van der Waals surface area contributed by atoms with Gasteiger partial charge in [-0.3, -0.25) is 4.72 Å². The molecule has 21 heavy (non-hydrogen) atoms.